The number of aryl methyl sites for hydroxylation is 1. The number of anilines is 1. The molecule has 6 nitrogen and oxygen atoms in total. The number of carbonyl (C=O) groups is 2. The van der Waals surface area contributed by atoms with Crippen LogP contribution in [0.15, 0.2) is 29.3 Å². The van der Waals surface area contributed by atoms with Crippen LogP contribution in [0, 0.1) is 6.92 Å². The summed E-state index contributed by atoms with van der Waals surface area (Å²) in [6.45, 7) is 5.89. The molecule has 1 saturated heterocycles. The number of amidine groups is 1. The van der Waals surface area contributed by atoms with E-state index in [-0.39, 0.29) is 18.2 Å². The number of rotatable bonds is 8. The molecule has 0 spiro atoms. The third-order valence-electron chi connectivity index (χ3n) is 3.39. The molecule has 0 radical (unpaired) electrons. The third-order valence-corrected chi connectivity index (χ3v) is 4.51. The number of aliphatic imine (C=N–C) groups is 1. The smallest absolute Gasteiger partial charge is 0.240 e. The summed E-state index contributed by atoms with van der Waals surface area (Å²) in [6.07, 6.45) is 0.939. The molecule has 130 valence electrons. The van der Waals surface area contributed by atoms with Crippen molar-refractivity contribution in [1.29, 1.82) is 0 Å². The Kier molecular flexibility index (Phi) is 7.27. The molecule has 1 aromatic rings. The van der Waals surface area contributed by atoms with Gasteiger partial charge in [0.15, 0.2) is 5.17 Å². The van der Waals surface area contributed by atoms with Gasteiger partial charge in [0.25, 0.3) is 0 Å². The van der Waals surface area contributed by atoms with E-state index in [9.17, 15) is 9.59 Å². The lowest BCUT2D eigenvalue weighted by Gasteiger charge is -2.07. The maximum Gasteiger partial charge on any atom is 0.240 e. The van der Waals surface area contributed by atoms with E-state index in [2.05, 4.69) is 15.6 Å². The SMILES string of the molecule is CCOCCCN=C1NC(=O)[C@@H](CC(=O)Nc2ccc(C)cc2)S1. The van der Waals surface area contributed by atoms with E-state index in [1.807, 2.05) is 38.1 Å². The van der Waals surface area contributed by atoms with Gasteiger partial charge >= 0.3 is 0 Å². The fourth-order valence-corrected chi connectivity index (χ4v) is 3.12. The molecule has 0 aliphatic carbocycles. The Morgan fingerprint density at radius 1 is 1.38 bits per heavy atom. The van der Waals surface area contributed by atoms with E-state index < -0.39 is 5.25 Å². The lowest BCUT2D eigenvalue weighted by Crippen LogP contribution is -2.28. The molecule has 2 rings (SSSR count). The summed E-state index contributed by atoms with van der Waals surface area (Å²) in [5.74, 6) is -0.341. The Labute approximate surface area is 146 Å². The highest BCUT2D eigenvalue weighted by Gasteiger charge is 2.31. The molecule has 1 aromatic carbocycles. The van der Waals surface area contributed by atoms with Crippen LogP contribution in [0.25, 0.3) is 0 Å². The second-order valence-electron chi connectivity index (χ2n) is 5.45. The van der Waals surface area contributed by atoms with Crippen LogP contribution in [-0.4, -0.2) is 42.0 Å². The molecule has 1 atom stereocenters. The topological polar surface area (TPSA) is 79.8 Å². The largest absolute Gasteiger partial charge is 0.382 e. The maximum atomic E-state index is 12.1. The van der Waals surface area contributed by atoms with Gasteiger partial charge in [0.1, 0.15) is 5.25 Å². The number of hydrogen-bond acceptors (Lipinski definition) is 5. The van der Waals surface area contributed by atoms with E-state index in [0.29, 0.717) is 24.9 Å². The minimum absolute atomic E-state index is 0.127. The predicted octanol–water partition coefficient (Wildman–Crippen LogP) is 2.34. The highest BCUT2D eigenvalue weighted by atomic mass is 32.2. The van der Waals surface area contributed by atoms with Crippen molar-refractivity contribution >= 4 is 34.4 Å². The number of carbonyl (C=O) groups excluding carboxylic acids is 2. The van der Waals surface area contributed by atoms with Crippen LogP contribution in [0.2, 0.25) is 0 Å². The number of hydrogen-bond donors (Lipinski definition) is 2. The first-order valence-electron chi connectivity index (χ1n) is 8.04. The molecule has 1 fully saturated rings. The van der Waals surface area contributed by atoms with Crippen LogP contribution in [-0.2, 0) is 14.3 Å². The minimum Gasteiger partial charge on any atom is -0.382 e. The van der Waals surface area contributed by atoms with Crippen molar-refractivity contribution in [3.8, 4) is 0 Å². The summed E-state index contributed by atoms with van der Waals surface area (Å²) >= 11 is 1.31. The van der Waals surface area contributed by atoms with Gasteiger partial charge in [-0.3, -0.25) is 14.6 Å². The van der Waals surface area contributed by atoms with Crippen LogP contribution < -0.4 is 10.6 Å². The van der Waals surface area contributed by atoms with E-state index in [1.54, 1.807) is 0 Å². The van der Waals surface area contributed by atoms with Gasteiger partial charge in [-0.2, -0.15) is 0 Å². The summed E-state index contributed by atoms with van der Waals surface area (Å²) in [5, 5.41) is 5.69. The van der Waals surface area contributed by atoms with E-state index in [0.717, 1.165) is 17.7 Å². The Bertz CT molecular complexity index is 602. The number of nitrogens with one attached hydrogen (secondary N) is 2. The van der Waals surface area contributed by atoms with Gasteiger partial charge in [0, 0.05) is 31.9 Å². The van der Waals surface area contributed by atoms with Gasteiger partial charge in [-0.1, -0.05) is 29.5 Å². The van der Waals surface area contributed by atoms with Crippen molar-refractivity contribution in [2.24, 2.45) is 4.99 Å². The quantitative estimate of drug-likeness (QED) is 0.706. The lowest BCUT2D eigenvalue weighted by atomic mass is 10.2. The standard InChI is InChI=1S/C17H23N3O3S/c1-3-23-10-4-9-18-17-20-16(22)14(24-17)11-15(21)19-13-7-5-12(2)6-8-13/h5-8,14H,3-4,9-11H2,1-2H3,(H,19,21)(H,18,20,22)/t14-/m1/s1. The Morgan fingerprint density at radius 2 is 2.12 bits per heavy atom. The third kappa shape index (κ3) is 5.98. The Balaban J connectivity index is 1.78. The molecular weight excluding hydrogens is 326 g/mol. The molecule has 0 unspecified atom stereocenters. The van der Waals surface area contributed by atoms with Crippen LogP contribution in [0.1, 0.15) is 25.3 Å². The van der Waals surface area contributed by atoms with E-state index >= 15 is 0 Å². The minimum atomic E-state index is -0.430. The number of nitrogens with zero attached hydrogens (tertiary/aromatic N) is 1. The van der Waals surface area contributed by atoms with Gasteiger partial charge in [0.2, 0.25) is 11.8 Å². The Morgan fingerprint density at radius 3 is 2.83 bits per heavy atom. The molecule has 7 heteroatoms. The molecule has 0 bridgehead atoms. The van der Waals surface area contributed by atoms with Gasteiger partial charge in [0.05, 0.1) is 0 Å². The lowest BCUT2D eigenvalue weighted by molar-refractivity contribution is -0.122. The molecule has 1 heterocycles. The first kappa shape index (κ1) is 18.5. The van der Waals surface area contributed by atoms with Crippen LogP contribution >= 0.6 is 11.8 Å². The average Bonchev–Trinajstić information content (AvgIpc) is 2.89. The van der Waals surface area contributed by atoms with Crippen LogP contribution in [0.5, 0.6) is 0 Å². The molecule has 24 heavy (non-hydrogen) atoms. The fourth-order valence-electron chi connectivity index (χ4n) is 2.12. The van der Waals surface area contributed by atoms with Crippen molar-refractivity contribution in [2.75, 3.05) is 25.1 Å². The monoisotopic (exact) mass is 349 g/mol. The molecule has 0 saturated carbocycles. The fraction of sp³-hybridized carbons (Fsp3) is 0.471. The average molecular weight is 349 g/mol. The molecule has 1 aliphatic rings. The first-order valence-corrected chi connectivity index (χ1v) is 8.92. The maximum absolute atomic E-state index is 12.1. The second-order valence-corrected chi connectivity index (χ2v) is 6.64. The number of ether oxygens (including phenoxy) is 1. The molecular formula is C17H23N3O3S. The predicted molar refractivity (Wildman–Crippen MR) is 97.4 cm³/mol. The van der Waals surface area contributed by atoms with E-state index in [4.69, 9.17) is 4.74 Å². The second kappa shape index (κ2) is 9.44. The Hall–Kier alpha value is -1.86. The number of benzene rings is 1. The van der Waals surface area contributed by atoms with Crippen molar-refractivity contribution < 1.29 is 14.3 Å². The number of thioether (sulfide) groups is 1. The first-order chi connectivity index (χ1) is 11.6. The zero-order chi connectivity index (χ0) is 17.4. The van der Waals surface area contributed by atoms with Crippen molar-refractivity contribution in [3.63, 3.8) is 0 Å². The van der Waals surface area contributed by atoms with Gasteiger partial charge in [-0.25, -0.2) is 0 Å². The highest BCUT2D eigenvalue weighted by molar-refractivity contribution is 8.15. The molecule has 2 amide bonds. The van der Waals surface area contributed by atoms with E-state index in [1.165, 1.54) is 11.8 Å². The summed E-state index contributed by atoms with van der Waals surface area (Å²) in [6, 6.07) is 7.56. The summed E-state index contributed by atoms with van der Waals surface area (Å²) in [5.41, 5.74) is 1.86. The molecule has 2 N–H and O–H groups in total. The van der Waals surface area contributed by atoms with Gasteiger partial charge in [-0.15, -0.1) is 0 Å². The van der Waals surface area contributed by atoms with Crippen molar-refractivity contribution in [1.82, 2.24) is 5.32 Å². The molecule has 0 aromatic heterocycles. The van der Waals surface area contributed by atoms with Gasteiger partial charge < -0.3 is 15.4 Å². The van der Waals surface area contributed by atoms with Gasteiger partial charge in [-0.05, 0) is 32.4 Å². The highest BCUT2D eigenvalue weighted by Crippen LogP contribution is 2.23. The number of amides is 2. The normalized spacial score (nSPS) is 18.7. The zero-order valence-electron chi connectivity index (χ0n) is 14.0. The van der Waals surface area contributed by atoms with Crippen molar-refractivity contribution in [3.05, 3.63) is 29.8 Å². The summed E-state index contributed by atoms with van der Waals surface area (Å²) < 4.78 is 5.24. The molecule has 1 aliphatic heterocycles. The zero-order valence-corrected chi connectivity index (χ0v) is 14.8. The van der Waals surface area contributed by atoms with Crippen molar-refractivity contribution in [2.45, 2.75) is 31.9 Å². The summed E-state index contributed by atoms with van der Waals surface area (Å²) in [4.78, 5) is 28.3. The van der Waals surface area contributed by atoms with Crippen LogP contribution in [0.3, 0.4) is 0 Å². The van der Waals surface area contributed by atoms with Crippen LogP contribution in [0.4, 0.5) is 5.69 Å². The summed E-state index contributed by atoms with van der Waals surface area (Å²) in [7, 11) is 0.